The molecule has 1 amide bonds. The summed E-state index contributed by atoms with van der Waals surface area (Å²) in [6.07, 6.45) is 6.91. The van der Waals surface area contributed by atoms with E-state index >= 15 is 0 Å². The number of carbonyl (C=O) groups excluding carboxylic acids is 1. The van der Waals surface area contributed by atoms with E-state index in [0.717, 1.165) is 19.5 Å². The minimum absolute atomic E-state index is 0.0467. The predicted molar refractivity (Wildman–Crippen MR) is 54.2 cm³/mol. The second-order valence-corrected chi connectivity index (χ2v) is 2.90. The number of hydrogen-bond acceptors (Lipinski definition) is 2. The van der Waals surface area contributed by atoms with Crippen LogP contribution in [0.15, 0.2) is 0 Å². The zero-order chi connectivity index (χ0) is 10.1. The summed E-state index contributed by atoms with van der Waals surface area (Å²) in [5.74, 6) is 2.62. The Kier molecular flexibility index (Phi) is 7.04. The lowest BCUT2D eigenvalue weighted by atomic mass is 10.3. The number of hydrogen-bond donors (Lipinski definition) is 1. The van der Waals surface area contributed by atoms with Crippen molar-refractivity contribution >= 4 is 5.91 Å². The van der Waals surface area contributed by atoms with Crippen LogP contribution < -0.4 is 5.32 Å². The van der Waals surface area contributed by atoms with Crippen LogP contribution in [0.5, 0.6) is 0 Å². The maximum absolute atomic E-state index is 11.1. The zero-order valence-corrected chi connectivity index (χ0v) is 8.47. The van der Waals surface area contributed by atoms with E-state index < -0.39 is 0 Å². The second-order valence-electron chi connectivity index (χ2n) is 2.90. The fourth-order valence-corrected chi connectivity index (χ4v) is 1.09. The van der Waals surface area contributed by atoms with E-state index in [2.05, 4.69) is 23.1 Å². The van der Waals surface area contributed by atoms with E-state index in [-0.39, 0.29) is 5.91 Å². The first-order chi connectivity index (χ1) is 6.24. The number of rotatable bonds is 6. The molecule has 0 aliphatic carbocycles. The maximum Gasteiger partial charge on any atom is 0.233 e. The Hall–Kier alpha value is -1.01. The van der Waals surface area contributed by atoms with Gasteiger partial charge in [-0.15, -0.1) is 12.3 Å². The van der Waals surface area contributed by atoms with E-state index in [1.54, 1.807) is 7.05 Å². The standard InChI is InChI=1S/C10H18N2O/c1-4-6-8-12(7-5-2)9-10(13)11-3/h1H,5-9H2,2-3H3,(H,11,13). The highest BCUT2D eigenvalue weighted by Crippen LogP contribution is 1.92. The molecule has 0 spiro atoms. The van der Waals surface area contributed by atoms with Crippen molar-refractivity contribution in [3.05, 3.63) is 0 Å². The Labute approximate surface area is 80.5 Å². The van der Waals surface area contributed by atoms with E-state index in [1.165, 1.54) is 0 Å². The van der Waals surface area contributed by atoms with Crippen molar-refractivity contribution in [2.75, 3.05) is 26.7 Å². The average molecular weight is 182 g/mol. The molecule has 0 bridgehead atoms. The number of terminal acetylenes is 1. The first-order valence-corrected chi connectivity index (χ1v) is 4.61. The molecular weight excluding hydrogens is 164 g/mol. The lowest BCUT2D eigenvalue weighted by Crippen LogP contribution is -2.36. The largest absolute Gasteiger partial charge is 0.358 e. The molecule has 74 valence electrons. The molecule has 0 aromatic carbocycles. The Balaban J connectivity index is 3.80. The summed E-state index contributed by atoms with van der Waals surface area (Å²) >= 11 is 0. The summed E-state index contributed by atoms with van der Waals surface area (Å²) in [6, 6.07) is 0. The molecule has 0 atom stereocenters. The fraction of sp³-hybridized carbons (Fsp3) is 0.700. The number of nitrogens with one attached hydrogen (secondary N) is 1. The van der Waals surface area contributed by atoms with E-state index in [0.29, 0.717) is 13.0 Å². The zero-order valence-electron chi connectivity index (χ0n) is 8.47. The van der Waals surface area contributed by atoms with Crippen molar-refractivity contribution in [2.24, 2.45) is 0 Å². The molecule has 0 radical (unpaired) electrons. The maximum atomic E-state index is 11.1. The number of amides is 1. The van der Waals surface area contributed by atoms with Gasteiger partial charge in [-0.1, -0.05) is 6.92 Å². The van der Waals surface area contributed by atoms with Gasteiger partial charge in [0.05, 0.1) is 6.54 Å². The second kappa shape index (κ2) is 7.63. The fourth-order valence-electron chi connectivity index (χ4n) is 1.09. The quantitative estimate of drug-likeness (QED) is 0.606. The van der Waals surface area contributed by atoms with Gasteiger partial charge in [-0.3, -0.25) is 9.69 Å². The predicted octanol–water partition coefficient (Wildman–Crippen LogP) is 0.468. The van der Waals surface area contributed by atoms with Crippen molar-refractivity contribution in [1.29, 1.82) is 0 Å². The van der Waals surface area contributed by atoms with Crippen molar-refractivity contribution < 1.29 is 4.79 Å². The number of carbonyl (C=O) groups is 1. The van der Waals surface area contributed by atoms with Crippen LogP contribution in [0.3, 0.4) is 0 Å². The molecule has 0 unspecified atom stereocenters. The van der Waals surface area contributed by atoms with Crippen LogP contribution in [-0.2, 0) is 4.79 Å². The van der Waals surface area contributed by atoms with Crippen LogP contribution in [-0.4, -0.2) is 37.5 Å². The van der Waals surface area contributed by atoms with Gasteiger partial charge in [0.15, 0.2) is 0 Å². The molecule has 3 heteroatoms. The van der Waals surface area contributed by atoms with E-state index in [4.69, 9.17) is 6.42 Å². The summed E-state index contributed by atoms with van der Waals surface area (Å²) in [5, 5.41) is 2.60. The van der Waals surface area contributed by atoms with Crippen LogP contribution in [0.1, 0.15) is 19.8 Å². The third-order valence-corrected chi connectivity index (χ3v) is 1.76. The summed E-state index contributed by atoms with van der Waals surface area (Å²) in [6.45, 7) is 4.27. The SMILES string of the molecule is C#CCCN(CCC)CC(=O)NC. The topological polar surface area (TPSA) is 32.3 Å². The van der Waals surface area contributed by atoms with Gasteiger partial charge in [0, 0.05) is 20.0 Å². The lowest BCUT2D eigenvalue weighted by Gasteiger charge is -2.19. The molecule has 0 saturated carbocycles. The minimum atomic E-state index is 0.0467. The molecule has 0 aliphatic rings. The minimum Gasteiger partial charge on any atom is -0.358 e. The van der Waals surface area contributed by atoms with E-state index in [1.807, 2.05) is 0 Å². The molecule has 1 N–H and O–H groups in total. The van der Waals surface area contributed by atoms with Gasteiger partial charge in [-0.05, 0) is 13.0 Å². The van der Waals surface area contributed by atoms with Crippen LogP contribution in [0.4, 0.5) is 0 Å². The smallest absolute Gasteiger partial charge is 0.233 e. The molecular formula is C10H18N2O. The Morgan fingerprint density at radius 1 is 1.54 bits per heavy atom. The third kappa shape index (κ3) is 6.18. The highest BCUT2D eigenvalue weighted by Gasteiger charge is 2.06. The molecule has 13 heavy (non-hydrogen) atoms. The van der Waals surface area contributed by atoms with Crippen molar-refractivity contribution in [2.45, 2.75) is 19.8 Å². The molecule has 0 heterocycles. The van der Waals surface area contributed by atoms with Gasteiger partial charge in [0.2, 0.25) is 5.91 Å². The van der Waals surface area contributed by atoms with Gasteiger partial charge < -0.3 is 5.32 Å². The Morgan fingerprint density at radius 2 is 2.23 bits per heavy atom. The first-order valence-electron chi connectivity index (χ1n) is 4.61. The van der Waals surface area contributed by atoms with Crippen LogP contribution >= 0.6 is 0 Å². The molecule has 0 saturated heterocycles. The molecule has 0 aromatic rings. The van der Waals surface area contributed by atoms with Crippen molar-refractivity contribution in [3.63, 3.8) is 0 Å². The molecule has 0 aromatic heterocycles. The van der Waals surface area contributed by atoms with Gasteiger partial charge in [0.1, 0.15) is 0 Å². The molecule has 0 fully saturated rings. The Bertz CT molecular complexity index is 184. The number of likely N-dealkylation sites (N-methyl/N-ethyl adjacent to an activating group) is 1. The molecule has 0 rings (SSSR count). The van der Waals surface area contributed by atoms with Crippen LogP contribution in [0.25, 0.3) is 0 Å². The summed E-state index contributed by atoms with van der Waals surface area (Å²) in [4.78, 5) is 13.1. The Morgan fingerprint density at radius 3 is 2.69 bits per heavy atom. The normalized spacial score (nSPS) is 9.69. The van der Waals surface area contributed by atoms with Crippen LogP contribution in [0, 0.1) is 12.3 Å². The van der Waals surface area contributed by atoms with Gasteiger partial charge in [0.25, 0.3) is 0 Å². The van der Waals surface area contributed by atoms with E-state index in [9.17, 15) is 4.79 Å². The van der Waals surface area contributed by atoms with Crippen LogP contribution in [0.2, 0.25) is 0 Å². The highest BCUT2D eigenvalue weighted by molar-refractivity contribution is 5.77. The monoisotopic (exact) mass is 182 g/mol. The van der Waals surface area contributed by atoms with Gasteiger partial charge in [-0.25, -0.2) is 0 Å². The first kappa shape index (κ1) is 12.0. The molecule has 0 aliphatic heterocycles. The summed E-state index contributed by atoms with van der Waals surface area (Å²) in [7, 11) is 1.65. The van der Waals surface area contributed by atoms with Crippen molar-refractivity contribution in [1.82, 2.24) is 10.2 Å². The van der Waals surface area contributed by atoms with Gasteiger partial charge >= 0.3 is 0 Å². The molecule has 3 nitrogen and oxygen atoms in total. The average Bonchev–Trinajstić information content (AvgIpc) is 2.14. The summed E-state index contributed by atoms with van der Waals surface area (Å²) in [5.41, 5.74) is 0. The third-order valence-electron chi connectivity index (χ3n) is 1.76. The lowest BCUT2D eigenvalue weighted by molar-refractivity contribution is -0.121. The summed E-state index contributed by atoms with van der Waals surface area (Å²) < 4.78 is 0. The number of nitrogens with zero attached hydrogens (tertiary/aromatic N) is 1. The van der Waals surface area contributed by atoms with Crippen molar-refractivity contribution in [3.8, 4) is 12.3 Å². The highest BCUT2D eigenvalue weighted by atomic mass is 16.1. The van der Waals surface area contributed by atoms with Gasteiger partial charge in [-0.2, -0.15) is 0 Å².